The number of carbonyl (C=O) groups excluding carboxylic acids is 1. The Morgan fingerprint density at radius 1 is 1.05 bits per heavy atom. The van der Waals surface area contributed by atoms with Crippen molar-refractivity contribution in [2.75, 3.05) is 33.3 Å². The number of hydrogen-bond acceptors (Lipinski definition) is 6. The molecule has 3 atom stereocenters. The van der Waals surface area contributed by atoms with Crippen LogP contribution in [0.3, 0.4) is 0 Å². The van der Waals surface area contributed by atoms with E-state index in [1.807, 2.05) is 30.1 Å². The maximum absolute atomic E-state index is 12.9. The Hall–Kier alpha value is -2.94. The molecule has 0 bridgehead atoms. The van der Waals surface area contributed by atoms with Gasteiger partial charge in [-0.15, -0.1) is 0 Å². The lowest BCUT2D eigenvalue weighted by Crippen LogP contribution is -2.50. The van der Waals surface area contributed by atoms with Gasteiger partial charge in [0.25, 0.3) is 0 Å². The molecule has 4 rings (SSSR count). The summed E-state index contributed by atoms with van der Waals surface area (Å²) >= 11 is 0. The number of aliphatic carboxylic acids is 2. The molecule has 1 saturated carbocycles. The van der Waals surface area contributed by atoms with Crippen molar-refractivity contribution in [1.29, 1.82) is 0 Å². The molecule has 2 saturated heterocycles. The highest BCUT2D eigenvalue weighted by molar-refractivity contribution is 5.78. The number of rotatable bonds is 5. The van der Waals surface area contributed by atoms with E-state index in [1.54, 1.807) is 6.20 Å². The monoisotopic (exact) mass is 571 g/mol. The first kappa shape index (κ1) is 32.3. The normalized spacial score (nSPS) is 23.2. The van der Waals surface area contributed by atoms with Gasteiger partial charge in [-0.25, -0.2) is 9.59 Å². The van der Waals surface area contributed by atoms with Gasteiger partial charge in [0.1, 0.15) is 0 Å². The SMILES string of the molecule is CN(Cc1ccccn1)C(=O)[C@H]1CO[C@H]2CCN(CC3CC3)C[C@H]2C1.O=C(O)C(F)(F)F.O=C(O)C(F)(F)F. The average molecular weight is 572 g/mol. The molecule has 1 amide bonds. The summed E-state index contributed by atoms with van der Waals surface area (Å²) in [4.78, 5) is 39.4. The number of ether oxygens (including phenoxy) is 1. The highest BCUT2D eigenvalue weighted by Crippen LogP contribution is 2.35. The maximum atomic E-state index is 12.9. The molecule has 3 aliphatic rings. The molecule has 0 radical (unpaired) electrons. The van der Waals surface area contributed by atoms with Crippen LogP contribution in [0.15, 0.2) is 24.4 Å². The van der Waals surface area contributed by atoms with Gasteiger partial charge in [0.2, 0.25) is 5.91 Å². The van der Waals surface area contributed by atoms with Crippen LogP contribution in [0.5, 0.6) is 0 Å². The van der Waals surface area contributed by atoms with E-state index in [-0.39, 0.29) is 11.8 Å². The highest BCUT2D eigenvalue weighted by Gasteiger charge is 2.40. The molecule has 1 aromatic heterocycles. The first-order valence-corrected chi connectivity index (χ1v) is 12.2. The topological polar surface area (TPSA) is 120 Å². The van der Waals surface area contributed by atoms with Crippen molar-refractivity contribution < 1.29 is 55.7 Å². The Balaban J connectivity index is 0.000000317. The molecule has 1 aliphatic carbocycles. The number of likely N-dealkylation sites (tertiary alicyclic amines) is 1. The van der Waals surface area contributed by atoms with Crippen molar-refractivity contribution in [3.05, 3.63) is 30.1 Å². The number of fused-ring (bicyclic) bond motifs is 1. The Morgan fingerprint density at radius 3 is 2.13 bits per heavy atom. The second-order valence-electron chi connectivity index (χ2n) is 9.68. The lowest BCUT2D eigenvalue weighted by atomic mass is 9.83. The minimum atomic E-state index is -5.08. The third-order valence-electron chi connectivity index (χ3n) is 6.40. The zero-order chi connectivity index (χ0) is 29.4. The van der Waals surface area contributed by atoms with Crippen LogP contribution in [0.1, 0.15) is 31.4 Å². The molecule has 3 fully saturated rings. The minimum Gasteiger partial charge on any atom is -0.475 e. The smallest absolute Gasteiger partial charge is 0.475 e. The van der Waals surface area contributed by atoms with E-state index in [4.69, 9.17) is 24.5 Å². The summed E-state index contributed by atoms with van der Waals surface area (Å²) in [6.07, 6.45) is -3.13. The molecule has 2 N–H and O–H groups in total. The summed E-state index contributed by atoms with van der Waals surface area (Å²) in [6.45, 7) is 4.67. The van der Waals surface area contributed by atoms with E-state index in [9.17, 15) is 31.1 Å². The van der Waals surface area contributed by atoms with E-state index >= 15 is 0 Å². The van der Waals surface area contributed by atoms with Crippen LogP contribution in [-0.4, -0.2) is 94.6 Å². The van der Waals surface area contributed by atoms with Gasteiger partial charge < -0.3 is 24.7 Å². The Bertz CT molecular complexity index is 934. The summed E-state index contributed by atoms with van der Waals surface area (Å²) in [7, 11) is 1.88. The third-order valence-corrected chi connectivity index (χ3v) is 6.40. The number of aromatic nitrogens is 1. The quantitative estimate of drug-likeness (QED) is 0.516. The molecule has 9 nitrogen and oxygen atoms in total. The second kappa shape index (κ2) is 13.9. The van der Waals surface area contributed by atoms with Gasteiger partial charge in [0.15, 0.2) is 0 Å². The molecule has 39 heavy (non-hydrogen) atoms. The number of hydrogen-bond donors (Lipinski definition) is 2. The van der Waals surface area contributed by atoms with Crippen LogP contribution in [0.25, 0.3) is 0 Å². The van der Waals surface area contributed by atoms with Crippen molar-refractivity contribution in [1.82, 2.24) is 14.8 Å². The molecular weight excluding hydrogens is 540 g/mol. The number of amides is 1. The molecule has 3 heterocycles. The van der Waals surface area contributed by atoms with Crippen LogP contribution < -0.4 is 0 Å². The van der Waals surface area contributed by atoms with Crippen molar-refractivity contribution in [3.8, 4) is 0 Å². The van der Waals surface area contributed by atoms with Gasteiger partial charge in [0.05, 0.1) is 30.9 Å². The van der Waals surface area contributed by atoms with E-state index in [2.05, 4.69) is 9.88 Å². The van der Waals surface area contributed by atoms with Crippen molar-refractivity contribution in [3.63, 3.8) is 0 Å². The third kappa shape index (κ3) is 11.4. The zero-order valence-corrected chi connectivity index (χ0v) is 21.1. The minimum absolute atomic E-state index is 0.00385. The number of carboxylic acids is 2. The standard InChI is InChI=1S/C20H29N3O2.2C2HF3O2/c1-22(13-18-4-2-3-8-21-18)20(24)17-10-16-12-23(11-15-5-6-15)9-7-19(16)25-14-17;2*3-2(4,5)1(6)7/h2-4,8,15-17,19H,5-7,9-14H2,1H3;2*(H,6,7)/t16-,17-,19+;;/m1../s1. The largest absolute Gasteiger partial charge is 0.490 e. The first-order chi connectivity index (χ1) is 18.1. The number of carboxylic acid groups (broad SMARTS) is 2. The summed E-state index contributed by atoms with van der Waals surface area (Å²) in [5.41, 5.74) is 0.932. The van der Waals surface area contributed by atoms with Crippen molar-refractivity contribution in [2.24, 2.45) is 17.8 Å². The van der Waals surface area contributed by atoms with Crippen LogP contribution in [-0.2, 0) is 25.7 Å². The van der Waals surface area contributed by atoms with Gasteiger partial charge in [-0.3, -0.25) is 9.78 Å². The fraction of sp³-hybridized carbons (Fsp3) is 0.667. The predicted octanol–water partition coefficient (Wildman–Crippen LogP) is 3.44. The fourth-order valence-corrected chi connectivity index (χ4v) is 4.33. The van der Waals surface area contributed by atoms with Gasteiger partial charge in [-0.2, -0.15) is 26.3 Å². The Labute approximate surface area is 220 Å². The second-order valence-corrected chi connectivity index (χ2v) is 9.68. The maximum Gasteiger partial charge on any atom is 0.490 e. The Morgan fingerprint density at radius 2 is 1.64 bits per heavy atom. The van der Waals surface area contributed by atoms with Crippen molar-refractivity contribution >= 4 is 17.8 Å². The highest BCUT2D eigenvalue weighted by atomic mass is 19.4. The molecular formula is C24H31F6N3O6. The number of nitrogens with zero attached hydrogens (tertiary/aromatic N) is 3. The summed E-state index contributed by atoms with van der Waals surface area (Å²) in [5.74, 6) is -3.87. The van der Waals surface area contributed by atoms with E-state index in [0.717, 1.165) is 37.5 Å². The van der Waals surface area contributed by atoms with Crippen LogP contribution >= 0.6 is 0 Å². The number of piperidine rings is 1. The van der Waals surface area contributed by atoms with Gasteiger partial charge >= 0.3 is 24.3 Å². The zero-order valence-electron chi connectivity index (χ0n) is 21.1. The van der Waals surface area contributed by atoms with Gasteiger partial charge in [0, 0.05) is 32.9 Å². The molecule has 2 aliphatic heterocycles. The van der Waals surface area contributed by atoms with Gasteiger partial charge in [-0.05, 0) is 49.7 Å². The van der Waals surface area contributed by atoms with Crippen molar-refractivity contribution in [2.45, 2.75) is 50.7 Å². The molecule has 15 heteroatoms. The van der Waals surface area contributed by atoms with E-state index in [0.29, 0.717) is 25.2 Å². The number of halogens is 6. The average Bonchev–Trinajstić information content (AvgIpc) is 3.67. The van der Waals surface area contributed by atoms with E-state index in [1.165, 1.54) is 19.4 Å². The lowest BCUT2D eigenvalue weighted by molar-refractivity contribution is -0.193. The molecule has 1 aromatic rings. The van der Waals surface area contributed by atoms with Gasteiger partial charge in [-0.1, -0.05) is 6.07 Å². The summed E-state index contributed by atoms with van der Waals surface area (Å²) < 4.78 is 69.6. The Kier molecular flexibility index (Phi) is 11.5. The number of alkyl halides is 6. The van der Waals surface area contributed by atoms with Crippen LogP contribution in [0.2, 0.25) is 0 Å². The number of carbonyl (C=O) groups is 3. The first-order valence-electron chi connectivity index (χ1n) is 12.2. The lowest BCUT2D eigenvalue weighted by Gasteiger charge is -2.43. The van der Waals surface area contributed by atoms with E-state index < -0.39 is 24.3 Å². The van der Waals surface area contributed by atoms with Crippen LogP contribution in [0.4, 0.5) is 26.3 Å². The number of pyridine rings is 1. The van der Waals surface area contributed by atoms with Crippen LogP contribution in [0, 0.1) is 17.8 Å². The molecule has 0 unspecified atom stereocenters. The fourth-order valence-electron chi connectivity index (χ4n) is 4.33. The predicted molar refractivity (Wildman–Crippen MR) is 123 cm³/mol. The summed E-state index contributed by atoms with van der Waals surface area (Å²) in [5, 5.41) is 14.2. The summed E-state index contributed by atoms with van der Waals surface area (Å²) in [6, 6.07) is 5.83. The molecule has 0 spiro atoms. The molecule has 0 aromatic carbocycles. The molecule has 220 valence electrons.